The molecule has 140 valence electrons. The molecule has 0 unspecified atom stereocenters. The van der Waals surface area contributed by atoms with Gasteiger partial charge < -0.3 is 5.11 Å². The van der Waals surface area contributed by atoms with Crippen LogP contribution in [0.3, 0.4) is 0 Å². The van der Waals surface area contributed by atoms with E-state index in [0.717, 1.165) is 38.2 Å². The normalized spacial score (nSPS) is 29.7. The summed E-state index contributed by atoms with van der Waals surface area (Å²) in [6.45, 7) is 2.25. The van der Waals surface area contributed by atoms with Crippen LogP contribution in [0.2, 0.25) is 0 Å². The molecule has 0 spiro atoms. The summed E-state index contributed by atoms with van der Waals surface area (Å²) in [7, 11) is 0. The molecule has 2 aliphatic rings. The maximum atomic E-state index is 12.6. The third kappa shape index (κ3) is 3.48. The molecule has 2 aromatic heterocycles. The highest BCUT2D eigenvalue weighted by Crippen LogP contribution is 2.41. The summed E-state index contributed by atoms with van der Waals surface area (Å²) in [6, 6.07) is 4.39. The topological polar surface area (TPSA) is 54.2 Å². The van der Waals surface area contributed by atoms with Crippen molar-refractivity contribution in [3.63, 3.8) is 0 Å². The molecule has 3 heterocycles. The highest BCUT2D eigenvalue weighted by Gasteiger charge is 2.42. The van der Waals surface area contributed by atoms with E-state index in [4.69, 9.17) is 0 Å². The fourth-order valence-corrected chi connectivity index (χ4v) is 4.31. The van der Waals surface area contributed by atoms with Gasteiger partial charge in [0.2, 0.25) is 0 Å². The lowest BCUT2D eigenvalue weighted by atomic mass is 9.77. The Morgan fingerprint density at radius 1 is 1.15 bits per heavy atom. The van der Waals surface area contributed by atoms with Crippen molar-refractivity contribution in [3.05, 3.63) is 48.0 Å². The zero-order valence-corrected chi connectivity index (χ0v) is 14.2. The molecule has 8 heteroatoms. The van der Waals surface area contributed by atoms with Crippen LogP contribution in [-0.2, 0) is 12.7 Å². The van der Waals surface area contributed by atoms with Crippen molar-refractivity contribution in [1.29, 1.82) is 0 Å². The van der Waals surface area contributed by atoms with E-state index in [-0.39, 0.29) is 6.04 Å². The Labute approximate surface area is 149 Å². The minimum absolute atomic E-state index is 0.00426. The zero-order chi connectivity index (χ0) is 18.3. The van der Waals surface area contributed by atoms with Crippen LogP contribution in [0.5, 0.6) is 0 Å². The number of aliphatic hydroxyl groups excluding tert-OH is 1. The summed E-state index contributed by atoms with van der Waals surface area (Å²) in [5.74, 6) is 0.869. The van der Waals surface area contributed by atoms with Gasteiger partial charge in [0.1, 0.15) is 0 Å². The summed E-state index contributed by atoms with van der Waals surface area (Å²) >= 11 is 0. The number of likely N-dealkylation sites (tertiary alicyclic amines) is 1. The van der Waals surface area contributed by atoms with Gasteiger partial charge in [0.15, 0.2) is 0 Å². The Morgan fingerprint density at radius 2 is 1.92 bits per heavy atom. The van der Waals surface area contributed by atoms with Gasteiger partial charge in [-0.3, -0.25) is 14.6 Å². The predicted octanol–water partition coefficient (Wildman–Crippen LogP) is 2.74. The molecule has 5 nitrogen and oxygen atoms in total. The van der Waals surface area contributed by atoms with E-state index < -0.39 is 17.8 Å². The fourth-order valence-electron chi connectivity index (χ4n) is 4.31. The number of aromatic nitrogens is 3. The minimum Gasteiger partial charge on any atom is -0.391 e. The van der Waals surface area contributed by atoms with Gasteiger partial charge in [0.05, 0.1) is 23.4 Å². The molecule has 0 bridgehead atoms. The van der Waals surface area contributed by atoms with E-state index in [1.165, 1.54) is 6.07 Å². The molecular formula is C18H21F3N4O. The molecule has 2 aromatic rings. The first-order valence-electron chi connectivity index (χ1n) is 8.82. The van der Waals surface area contributed by atoms with E-state index in [1.807, 2.05) is 16.9 Å². The molecular weight excluding hydrogens is 345 g/mol. The number of hydrogen-bond donors (Lipinski definition) is 1. The van der Waals surface area contributed by atoms with Gasteiger partial charge in [-0.15, -0.1) is 0 Å². The highest BCUT2D eigenvalue weighted by molar-refractivity contribution is 5.17. The van der Waals surface area contributed by atoms with Gasteiger partial charge in [-0.25, -0.2) is 0 Å². The van der Waals surface area contributed by atoms with Gasteiger partial charge in [0, 0.05) is 38.2 Å². The lowest BCUT2D eigenvalue weighted by Crippen LogP contribution is -2.36. The highest BCUT2D eigenvalue weighted by atomic mass is 19.4. The van der Waals surface area contributed by atoms with E-state index in [1.54, 1.807) is 6.20 Å². The van der Waals surface area contributed by atoms with Gasteiger partial charge in [-0.05, 0) is 42.9 Å². The van der Waals surface area contributed by atoms with Crippen LogP contribution in [0.15, 0.2) is 36.8 Å². The van der Waals surface area contributed by atoms with Crippen LogP contribution in [-0.4, -0.2) is 44.0 Å². The smallest absolute Gasteiger partial charge is 0.391 e. The Balaban J connectivity index is 1.39. The number of fused-ring (bicyclic) bond motifs is 1. The van der Waals surface area contributed by atoms with Crippen LogP contribution in [0.1, 0.15) is 30.1 Å². The van der Waals surface area contributed by atoms with E-state index in [2.05, 4.69) is 15.0 Å². The first-order valence-corrected chi connectivity index (χ1v) is 8.82. The molecule has 1 saturated carbocycles. The Hall–Kier alpha value is -1.93. The second kappa shape index (κ2) is 6.66. The Bertz CT molecular complexity index is 732. The standard InChI is InChI=1S/C18H21F3N4O/c19-18(20,21)14-2-3-15(22-8-14)11-24-9-12-6-16(25-5-1-4-23-25)17(26)7-13(12)10-24/h1-5,8,12-13,16-17,26H,6-7,9-11H2/t12-,13+,16-,17-/m1/s1. The second-order valence-corrected chi connectivity index (χ2v) is 7.34. The van der Waals surface area contributed by atoms with Gasteiger partial charge in [-0.1, -0.05) is 0 Å². The molecule has 1 N–H and O–H groups in total. The first kappa shape index (κ1) is 17.5. The van der Waals surface area contributed by atoms with Crippen LogP contribution in [0, 0.1) is 11.8 Å². The summed E-state index contributed by atoms with van der Waals surface area (Å²) in [5.41, 5.74) is -0.0812. The quantitative estimate of drug-likeness (QED) is 0.908. The molecule has 26 heavy (non-hydrogen) atoms. The minimum atomic E-state index is -4.36. The van der Waals surface area contributed by atoms with Crippen LogP contribution >= 0.6 is 0 Å². The molecule has 1 aliphatic carbocycles. The van der Waals surface area contributed by atoms with Gasteiger partial charge in [-0.2, -0.15) is 18.3 Å². The number of alkyl halides is 3. The van der Waals surface area contributed by atoms with Crippen molar-refractivity contribution < 1.29 is 18.3 Å². The lowest BCUT2D eigenvalue weighted by molar-refractivity contribution is -0.137. The maximum Gasteiger partial charge on any atom is 0.417 e. The molecule has 0 aromatic carbocycles. The predicted molar refractivity (Wildman–Crippen MR) is 88.0 cm³/mol. The van der Waals surface area contributed by atoms with Crippen molar-refractivity contribution in [2.24, 2.45) is 11.8 Å². The summed E-state index contributed by atoms with van der Waals surface area (Å²) in [4.78, 5) is 6.20. The number of halogens is 3. The fraction of sp³-hybridized carbons (Fsp3) is 0.556. The van der Waals surface area contributed by atoms with Gasteiger partial charge >= 0.3 is 6.18 Å². The van der Waals surface area contributed by atoms with Crippen LogP contribution in [0.4, 0.5) is 13.2 Å². The van der Waals surface area contributed by atoms with E-state index >= 15 is 0 Å². The maximum absolute atomic E-state index is 12.6. The number of hydrogen-bond acceptors (Lipinski definition) is 4. The van der Waals surface area contributed by atoms with Crippen LogP contribution in [0.25, 0.3) is 0 Å². The average Bonchev–Trinajstić information content (AvgIpc) is 3.22. The summed E-state index contributed by atoms with van der Waals surface area (Å²) in [6.07, 6.45) is 1.32. The SMILES string of the molecule is O[C@@H]1C[C@H]2CN(Cc3ccc(C(F)(F)F)cn3)C[C@H]2C[C@H]1n1cccn1. The largest absolute Gasteiger partial charge is 0.417 e. The molecule has 0 amide bonds. The molecule has 0 radical (unpaired) electrons. The third-order valence-electron chi connectivity index (χ3n) is 5.59. The van der Waals surface area contributed by atoms with Gasteiger partial charge in [0.25, 0.3) is 0 Å². The Kier molecular flexibility index (Phi) is 4.48. The molecule has 4 atom stereocenters. The number of rotatable bonds is 3. The molecule has 2 fully saturated rings. The summed E-state index contributed by atoms with van der Waals surface area (Å²) < 4.78 is 39.7. The first-order chi connectivity index (χ1) is 12.4. The van der Waals surface area contributed by atoms with Crippen molar-refractivity contribution in [1.82, 2.24) is 19.7 Å². The zero-order valence-electron chi connectivity index (χ0n) is 14.2. The number of nitrogens with zero attached hydrogens (tertiary/aromatic N) is 4. The van der Waals surface area contributed by atoms with Crippen LogP contribution < -0.4 is 0 Å². The molecule has 1 saturated heterocycles. The average molecular weight is 366 g/mol. The van der Waals surface area contributed by atoms with Crippen molar-refractivity contribution in [2.45, 2.75) is 37.7 Å². The van der Waals surface area contributed by atoms with E-state index in [9.17, 15) is 18.3 Å². The Morgan fingerprint density at radius 3 is 2.54 bits per heavy atom. The van der Waals surface area contributed by atoms with Crippen molar-refractivity contribution in [3.8, 4) is 0 Å². The van der Waals surface area contributed by atoms with E-state index in [0.29, 0.717) is 24.1 Å². The van der Waals surface area contributed by atoms with Crippen molar-refractivity contribution >= 4 is 0 Å². The lowest BCUT2D eigenvalue weighted by Gasteiger charge is -2.35. The summed E-state index contributed by atoms with van der Waals surface area (Å²) in [5, 5.41) is 14.7. The second-order valence-electron chi connectivity index (χ2n) is 7.34. The third-order valence-corrected chi connectivity index (χ3v) is 5.59. The molecule has 4 rings (SSSR count). The number of aliphatic hydroxyl groups is 1. The molecule has 1 aliphatic heterocycles. The monoisotopic (exact) mass is 366 g/mol. The van der Waals surface area contributed by atoms with Crippen molar-refractivity contribution in [2.75, 3.05) is 13.1 Å². The number of pyridine rings is 1.